The van der Waals surface area contributed by atoms with E-state index >= 15 is 0 Å². The molecule has 2 heterocycles. The summed E-state index contributed by atoms with van der Waals surface area (Å²) in [6.07, 6.45) is 1.92. The first-order valence-corrected chi connectivity index (χ1v) is 6.71. The molecule has 1 fully saturated rings. The van der Waals surface area contributed by atoms with Gasteiger partial charge in [-0.1, -0.05) is 13.3 Å². The first-order valence-electron chi connectivity index (χ1n) is 6.71. The molecule has 1 aliphatic heterocycles. The van der Waals surface area contributed by atoms with Gasteiger partial charge in [0.1, 0.15) is 5.69 Å². The molecule has 0 aliphatic carbocycles. The number of hydrogen-bond acceptors (Lipinski definition) is 3. The van der Waals surface area contributed by atoms with Crippen LogP contribution in [0.5, 0.6) is 0 Å². The topological polar surface area (TPSA) is 69.3 Å². The molecule has 0 bridgehead atoms. The molecule has 0 unspecified atom stereocenters. The van der Waals surface area contributed by atoms with Crippen molar-refractivity contribution in [2.24, 2.45) is 0 Å². The van der Waals surface area contributed by atoms with Crippen LogP contribution in [0.25, 0.3) is 0 Å². The van der Waals surface area contributed by atoms with Crippen molar-refractivity contribution in [2.45, 2.75) is 26.7 Å². The first kappa shape index (κ1) is 13.6. The number of piperazine rings is 1. The van der Waals surface area contributed by atoms with Crippen molar-refractivity contribution in [3.8, 4) is 0 Å². The summed E-state index contributed by atoms with van der Waals surface area (Å²) in [4.78, 5) is 27.0. The van der Waals surface area contributed by atoms with Crippen molar-refractivity contribution in [3.63, 3.8) is 0 Å². The number of hydrogen-bond donors (Lipinski definition) is 1. The molecular weight excluding hydrogens is 244 g/mol. The third kappa shape index (κ3) is 3.13. The molecule has 1 saturated heterocycles. The molecule has 0 spiro atoms. The molecule has 0 radical (unpaired) electrons. The highest BCUT2D eigenvalue weighted by Crippen LogP contribution is 2.09. The number of carbonyl (C=O) groups excluding carboxylic acids is 2. The van der Waals surface area contributed by atoms with Gasteiger partial charge in [-0.15, -0.1) is 0 Å². The molecular formula is C13H20N4O2. The fraction of sp³-hybridized carbons (Fsp3) is 0.615. The maximum Gasteiger partial charge on any atom is 0.274 e. The summed E-state index contributed by atoms with van der Waals surface area (Å²) >= 11 is 0. The van der Waals surface area contributed by atoms with Crippen LogP contribution >= 0.6 is 0 Å². The van der Waals surface area contributed by atoms with Crippen LogP contribution in [0.15, 0.2) is 6.07 Å². The molecule has 1 N–H and O–H groups in total. The van der Waals surface area contributed by atoms with Crippen LogP contribution in [0.4, 0.5) is 0 Å². The van der Waals surface area contributed by atoms with Gasteiger partial charge in [0.25, 0.3) is 5.91 Å². The number of carbonyl (C=O) groups is 2. The van der Waals surface area contributed by atoms with Crippen LogP contribution in [0.2, 0.25) is 0 Å². The van der Waals surface area contributed by atoms with Crippen molar-refractivity contribution in [3.05, 3.63) is 17.5 Å². The Morgan fingerprint density at radius 2 is 1.89 bits per heavy atom. The smallest absolute Gasteiger partial charge is 0.274 e. The lowest BCUT2D eigenvalue weighted by molar-refractivity contribution is -0.130. The number of aromatic nitrogens is 2. The van der Waals surface area contributed by atoms with Gasteiger partial charge in [-0.3, -0.25) is 14.7 Å². The lowest BCUT2D eigenvalue weighted by atomic mass is 10.2. The van der Waals surface area contributed by atoms with Gasteiger partial charge in [0.15, 0.2) is 0 Å². The number of amides is 2. The van der Waals surface area contributed by atoms with Crippen LogP contribution < -0.4 is 0 Å². The number of aromatic amines is 1. The molecule has 19 heavy (non-hydrogen) atoms. The van der Waals surface area contributed by atoms with E-state index in [-0.39, 0.29) is 11.8 Å². The molecule has 6 heteroatoms. The van der Waals surface area contributed by atoms with E-state index in [1.54, 1.807) is 16.7 Å². The average Bonchev–Trinajstić information content (AvgIpc) is 2.87. The van der Waals surface area contributed by atoms with E-state index < -0.39 is 0 Å². The minimum atomic E-state index is -0.0539. The Morgan fingerprint density at radius 1 is 1.26 bits per heavy atom. The Balaban J connectivity index is 1.95. The minimum absolute atomic E-state index is 0.0539. The number of aryl methyl sites for hydroxylation is 1. The maximum atomic E-state index is 12.2. The molecule has 1 aromatic heterocycles. The van der Waals surface area contributed by atoms with Crippen LogP contribution in [0, 0.1) is 0 Å². The molecule has 104 valence electrons. The van der Waals surface area contributed by atoms with Crippen LogP contribution in [0.3, 0.4) is 0 Å². The van der Waals surface area contributed by atoms with Crippen molar-refractivity contribution in [1.29, 1.82) is 0 Å². The normalized spacial score (nSPS) is 15.7. The van der Waals surface area contributed by atoms with Gasteiger partial charge < -0.3 is 9.80 Å². The number of nitrogens with one attached hydrogen (secondary N) is 1. The summed E-state index contributed by atoms with van der Waals surface area (Å²) in [6, 6.07) is 1.82. The second-order valence-corrected chi connectivity index (χ2v) is 4.83. The first-order chi connectivity index (χ1) is 9.11. The van der Waals surface area contributed by atoms with Gasteiger partial charge in [0, 0.05) is 38.8 Å². The van der Waals surface area contributed by atoms with Gasteiger partial charge in [0.05, 0.1) is 0 Å². The predicted octanol–water partition coefficient (Wildman–Crippen LogP) is 0.666. The van der Waals surface area contributed by atoms with Crippen molar-refractivity contribution < 1.29 is 9.59 Å². The Labute approximate surface area is 112 Å². The van der Waals surface area contributed by atoms with Gasteiger partial charge in [-0.05, 0) is 12.5 Å². The third-order valence-corrected chi connectivity index (χ3v) is 3.38. The Kier molecular flexibility index (Phi) is 4.19. The Morgan fingerprint density at radius 3 is 2.47 bits per heavy atom. The van der Waals surface area contributed by atoms with Crippen molar-refractivity contribution in [1.82, 2.24) is 20.0 Å². The van der Waals surface area contributed by atoms with Crippen LogP contribution in [-0.4, -0.2) is 58.0 Å². The lowest BCUT2D eigenvalue weighted by Crippen LogP contribution is -2.50. The summed E-state index contributed by atoms with van der Waals surface area (Å²) in [5.74, 6) is 0.0129. The van der Waals surface area contributed by atoms with Gasteiger partial charge in [0.2, 0.25) is 5.91 Å². The average molecular weight is 264 g/mol. The Bertz CT molecular complexity index is 461. The van der Waals surface area contributed by atoms with Crippen molar-refractivity contribution in [2.75, 3.05) is 26.2 Å². The zero-order chi connectivity index (χ0) is 13.8. The fourth-order valence-corrected chi connectivity index (χ4v) is 2.26. The van der Waals surface area contributed by atoms with Crippen molar-refractivity contribution >= 4 is 11.8 Å². The van der Waals surface area contributed by atoms with E-state index in [1.165, 1.54) is 0 Å². The maximum absolute atomic E-state index is 12.2. The van der Waals surface area contributed by atoms with E-state index in [9.17, 15) is 9.59 Å². The monoisotopic (exact) mass is 264 g/mol. The highest BCUT2D eigenvalue weighted by Gasteiger charge is 2.24. The van der Waals surface area contributed by atoms with Gasteiger partial charge in [-0.25, -0.2) is 0 Å². The molecule has 6 nitrogen and oxygen atoms in total. The minimum Gasteiger partial charge on any atom is -0.339 e. The quantitative estimate of drug-likeness (QED) is 0.872. The number of rotatable bonds is 3. The lowest BCUT2D eigenvalue weighted by Gasteiger charge is -2.33. The molecule has 2 rings (SSSR count). The van der Waals surface area contributed by atoms with E-state index in [0.717, 1.165) is 18.5 Å². The van der Waals surface area contributed by atoms with E-state index in [1.807, 2.05) is 6.07 Å². The van der Waals surface area contributed by atoms with Gasteiger partial charge in [-0.2, -0.15) is 5.10 Å². The fourth-order valence-electron chi connectivity index (χ4n) is 2.26. The zero-order valence-corrected chi connectivity index (χ0v) is 11.5. The van der Waals surface area contributed by atoms with E-state index in [4.69, 9.17) is 0 Å². The summed E-state index contributed by atoms with van der Waals surface area (Å²) in [5, 5.41) is 6.96. The Hall–Kier alpha value is -1.85. The predicted molar refractivity (Wildman–Crippen MR) is 70.7 cm³/mol. The molecule has 2 amide bonds. The second kappa shape index (κ2) is 5.86. The second-order valence-electron chi connectivity index (χ2n) is 4.83. The van der Waals surface area contributed by atoms with Crippen LogP contribution in [0.1, 0.15) is 36.5 Å². The molecule has 0 aromatic carbocycles. The molecule has 0 saturated carbocycles. The summed E-state index contributed by atoms with van der Waals surface area (Å²) in [5.41, 5.74) is 1.47. The summed E-state index contributed by atoms with van der Waals surface area (Å²) < 4.78 is 0. The standard InChI is InChI=1S/C13H20N4O2/c1-3-4-11-9-12(15-14-11)13(19)17-7-5-16(6-8-17)10(2)18/h9H,3-8H2,1-2H3,(H,14,15). The molecule has 1 aliphatic rings. The highest BCUT2D eigenvalue weighted by atomic mass is 16.2. The third-order valence-electron chi connectivity index (χ3n) is 3.38. The van der Waals surface area contributed by atoms with E-state index in [2.05, 4.69) is 17.1 Å². The number of nitrogens with zero attached hydrogens (tertiary/aromatic N) is 3. The zero-order valence-electron chi connectivity index (χ0n) is 11.5. The summed E-state index contributed by atoms with van der Waals surface area (Å²) in [7, 11) is 0. The van der Waals surface area contributed by atoms with Crippen LogP contribution in [-0.2, 0) is 11.2 Å². The number of H-pyrrole nitrogens is 1. The van der Waals surface area contributed by atoms with E-state index in [0.29, 0.717) is 31.9 Å². The highest BCUT2D eigenvalue weighted by molar-refractivity contribution is 5.92. The van der Waals surface area contributed by atoms with Gasteiger partial charge >= 0.3 is 0 Å². The molecule has 1 aromatic rings. The summed E-state index contributed by atoms with van der Waals surface area (Å²) in [6.45, 7) is 6.01. The molecule has 0 atom stereocenters. The largest absolute Gasteiger partial charge is 0.339 e. The SMILES string of the molecule is CCCc1cc(C(=O)N2CCN(C(C)=O)CC2)n[nH]1.